The molecule has 0 saturated heterocycles. The third-order valence-electron chi connectivity index (χ3n) is 1.55. The first-order chi connectivity index (χ1) is 5.38. The van der Waals surface area contributed by atoms with E-state index in [1.807, 2.05) is 24.3 Å². The summed E-state index contributed by atoms with van der Waals surface area (Å²) >= 11 is 0. The van der Waals surface area contributed by atoms with Gasteiger partial charge in [-0.1, -0.05) is 18.2 Å². The van der Waals surface area contributed by atoms with Crippen molar-refractivity contribution in [3.63, 3.8) is 0 Å². The van der Waals surface area contributed by atoms with E-state index in [9.17, 15) is 0 Å². The molecule has 0 aliphatic heterocycles. The average Bonchev–Trinajstić information content (AvgIpc) is 2.06. The van der Waals surface area contributed by atoms with Crippen LogP contribution in [0.3, 0.4) is 0 Å². The number of aliphatic hydroxyl groups is 1. The minimum atomic E-state index is 0.151. The van der Waals surface area contributed by atoms with Crippen LogP contribution in [-0.4, -0.2) is 11.7 Å². The summed E-state index contributed by atoms with van der Waals surface area (Å²) in [7, 11) is 0. The average molecular weight is 152 g/mol. The number of para-hydroxylation sites is 1. The van der Waals surface area contributed by atoms with Crippen molar-refractivity contribution in [2.45, 2.75) is 6.42 Å². The highest BCUT2D eigenvalue weighted by Gasteiger charge is 1.96. The Morgan fingerprint density at radius 1 is 1.36 bits per heavy atom. The van der Waals surface area contributed by atoms with Gasteiger partial charge in [0, 0.05) is 6.61 Å². The van der Waals surface area contributed by atoms with Crippen LogP contribution in [0, 0.1) is 0 Å². The van der Waals surface area contributed by atoms with Gasteiger partial charge in [0.05, 0.1) is 5.69 Å². The molecule has 0 amide bonds. The Balaban J connectivity index is 2.83. The summed E-state index contributed by atoms with van der Waals surface area (Å²) in [5.41, 5.74) is 4.49. The fourth-order valence-corrected chi connectivity index (χ4v) is 1.000. The van der Waals surface area contributed by atoms with Crippen molar-refractivity contribution in [2.75, 3.05) is 12.0 Å². The molecule has 0 aliphatic rings. The molecule has 0 fully saturated rings. The molecule has 0 heterocycles. The van der Waals surface area contributed by atoms with Gasteiger partial charge >= 0.3 is 0 Å². The zero-order chi connectivity index (χ0) is 8.10. The monoisotopic (exact) mass is 152 g/mol. The Kier molecular flexibility index (Phi) is 2.89. The first kappa shape index (κ1) is 8.04. The van der Waals surface area contributed by atoms with E-state index in [2.05, 4.69) is 5.43 Å². The standard InChI is InChI=1S/C8H12N2O/c9-10-8-4-2-1-3-7(8)5-6-11/h1-4,10-11H,5-6,9H2. The van der Waals surface area contributed by atoms with Gasteiger partial charge in [-0.2, -0.15) is 0 Å². The van der Waals surface area contributed by atoms with Crippen LogP contribution in [0.15, 0.2) is 24.3 Å². The van der Waals surface area contributed by atoms with E-state index in [1.165, 1.54) is 0 Å². The molecule has 1 aromatic rings. The molecule has 0 atom stereocenters. The van der Waals surface area contributed by atoms with Crippen molar-refractivity contribution >= 4 is 5.69 Å². The molecule has 1 rings (SSSR count). The SMILES string of the molecule is NNc1ccccc1CCO. The minimum Gasteiger partial charge on any atom is -0.396 e. The largest absolute Gasteiger partial charge is 0.396 e. The highest BCUT2D eigenvalue weighted by atomic mass is 16.2. The Bertz CT molecular complexity index is 225. The van der Waals surface area contributed by atoms with Crippen molar-refractivity contribution in [2.24, 2.45) is 5.84 Å². The fourth-order valence-electron chi connectivity index (χ4n) is 1.000. The predicted octanol–water partition coefficient (Wildman–Crippen LogP) is 0.507. The minimum absolute atomic E-state index is 0.151. The molecule has 60 valence electrons. The lowest BCUT2D eigenvalue weighted by atomic mass is 10.1. The van der Waals surface area contributed by atoms with Crippen LogP contribution in [0.2, 0.25) is 0 Å². The van der Waals surface area contributed by atoms with E-state index >= 15 is 0 Å². The van der Waals surface area contributed by atoms with E-state index in [1.54, 1.807) is 0 Å². The number of nitrogens with two attached hydrogens (primary N) is 1. The fraction of sp³-hybridized carbons (Fsp3) is 0.250. The van der Waals surface area contributed by atoms with E-state index in [0.717, 1.165) is 11.3 Å². The van der Waals surface area contributed by atoms with Crippen molar-refractivity contribution in [3.05, 3.63) is 29.8 Å². The van der Waals surface area contributed by atoms with Crippen LogP contribution in [0.4, 0.5) is 5.69 Å². The molecule has 11 heavy (non-hydrogen) atoms. The second-order valence-electron chi connectivity index (χ2n) is 2.28. The summed E-state index contributed by atoms with van der Waals surface area (Å²) in [6.45, 7) is 0.151. The maximum absolute atomic E-state index is 8.67. The van der Waals surface area contributed by atoms with Gasteiger partial charge in [-0.3, -0.25) is 5.84 Å². The van der Waals surface area contributed by atoms with Crippen LogP contribution >= 0.6 is 0 Å². The van der Waals surface area contributed by atoms with Gasteiger partial charge in [-0.25, -0.2) is 0 Å². The molecule has 1 aromatic carbocycles. The highest BCUT2D eigenvalue weighted by molar-refractivity contribution is 5.49. The molecule has 0 saturated carbocycles. The topological polar surface area (TPSA) is 58.3 Å². The Labute approximate surface area is 65.8 Å². The number of benzene rings is 1. The summed E-state index contributed by atoms with van der Waals surface area (Å²) in [5.74, 6) is 5.25. The molecule has 3 nitrogen and oxygen atoms in total. The Hall–Kier alpha value is -1.06. The molecule has 0 radical (unpaired) electrons. The summed E-state index contributed by atoms with van der Waals surface area (Å²) in [6, 6.07) is 7.64. The second kappa shape index (κ2) is 3.95. The predicted molar refractivity (Wildman–Crippen MR) is 45.0 cm³/mol. The van der Waals surface area contributed by atoms with Crippen LogP contribution in [0.1, 0.15) is 5.56 Å². The Morgan fingerprint density at radius 2 is 2.09 bits per heavy atom. The van der Waals surface area contributed by atoms with Crippen molar-refractivity contribution in [3.8, 4) is 0 Å². The lowest BCUT2D eigenvalue weighted by Gasteiger charge is -2.05. The Morgan fingerprint density at radius 3 is 2.73 bits per heavy atom. The normalized spacial score (nSPS) is 9.64. The summed E-state index contributed by atoms with van der Waals surface area (Å²) in [5, 5.41) is 8.67. The van der Waals surface area contributed by atoms with Crippen LogP contribution in [0.5, 0.6) is 0 Å². The molecule has 0 unspecified atom stereocenters. The maximum Gasteiger partial charge on any atom is 0.0517 e. The van der Waals surface area contributed by atoms with Gasteiger partial charge in [-0.15, -0.1) is 0 Å². The number of hydrogen-bond donors (Lipinski definition) is 3. The number of rotatable bonds is 3. The molecule has 0 aromatic heterocycles. The number of hydrogen-bond acceptors (Lipinski definition) is 3. The molecule has 0 spiro atoms. The molecule has 3 heteroatoms. The second-order valence-corrected chi connectivity index (χ2v) is 2.28. The smallest absolute Gasteiger partial charge is 0.0517 e. The van der Waals surface area contributed by atoms with E-state index in [-0.39, 0.29) is 6.61 Å². The first-order valence-corrected chi connectivity index (χ1v) is 3.54. The molecular formula is C8H12N2O. The molecule has 4 N–H and O–H groups in total. The lowest BCUT2D eigenvalue weighted by molar-refractivity contribution is 0.300. The van der Waals surface area contributed by atoms with Gasteiger partial charge in [0.25, 0.3) is 0 Å². The number of hydrazine groups is 1. The van der Waals surface area contributed by atoms with E-state index in [0.29, 0.717) is 6.42 Å². The highest BCUT2D eigenvalue weighted by Crippen LogP contribution is 2.13. The van der Waals surface area contributed by atoms with E-state index in [4.69, 9.17) is 10.9 Å². The van der Waals surface area contributed by atoms with Crippen LogP contribution < -0.4 is 11.3 Å². The molecule has 0 bridgehead atoms. The van der Waals surface area contributed by atoms with Gasteiger partial charge in [0.15, 0.2) is 0 Å². The number of nitrogen functional groups attached to an aromatic ring is 1. The molecular weight excluding hydrogens is 140 g/mol. The number of anilines is 1. The number of nitrogens with one attached hydrogen (secondary N) is 1. The zero-order valence-corrected chi connectivity index (χ0v) is 6.25. The molecule has 0 aliphatic carbocycles. The van der Waals surface area contributed by atoms with Crippen LogP contribution in [0.25, 0.3) is 0 Å². The van der Waals surface area contributed by atoms with Gasteiger partial charge in [0.1, 0.15) is 0 Å². The van der Waals surface area contributed by atoms with Crippen molar-refractivity contribution < 1.29 is 5.11 Å². The summed E-state index contributed by atoms with van der Waals surface area (Å²) in [6.07, 6.45) is 0.639. The van der Waals surface area contributed by atoms with Gasteiger partial charge < -0.3 is 10.5 Å². The third kappa shape index (κ3) is 1.93. The first-order valence-electron chi connectivity index (χ1n) is 3.54. The third-order valence-corrected chi connectivity index (χ3v) is 1.55. The maximum atomic E-state index is 8.67. The van der Waals surface area contributed by atoms with Crippen molar-refractivity contribution in [1.29, 1.82) is 0 Å². The number of aliphatic hydroxyl groups excluding tert-OH is 1. The van der Waals surface area contributed by atoms with Crippen LogP contribution in [-0.2, 0) is 6.42 Å². The zero-order valence-electron chi connectivity index (χ0n) is 6.25. The van der Waals surface area contributed by atoms with Crippen molar-refractivity contribution in [1.82, 2.24) is 0 Å². The van der Waals surface area contributed by atoms with E-state index < -0.39 is 0 Å². The van der Waals surface area contributed by atoms with Gasteiger partial charge in [-0.05, 0) is 18.1 Å². The lowest BCUT2D eigenvalue weighted by Crippen LogP contribution is -2.09. The quantitative estimate of drug-likeness (QED) is 0.437. The van der Waals surface area contributed by atoms with Gasteiger partial charge in [0.2, 0.25) is 0 Å². The summed E-state index contributed by atoms with van der Waals surface area (Å²) < 4.78 is 0. The summed E-state index contributed by atoms with van der Waals surface area (Å²) in [4.78, 5) is 0.